The lowest BCUT2D eigenvalue weighted by atomic mass is 9.85. The molecule has 2 aliphatic rings. The van der Waals surface area contributed by atoms with Crippen molar-refractivity contribution >= 4 is 23.0 Å². The number of ketones is 2. The molecule has 0 radical (unpaired) electrons. The number of hydrogen-bond acceptors (Lipinski definition) is 4. The molecule has 0 fully saturated rings. The summed E-state index contributed by atoms with van der Waals surface area (Å²) in [5.41, 5.74) is 17.6. The summed E-state index contributed by atoms with van der Waals surface area (Å²) in [6.45, 7) is 0. The fourth-order valence-corrected chi connectivity index (χ4v) is 2.23. The van der Waals surface area contributed by atoms with E-state index in [1.807, 2.05) is 0 Å². The predicted octanol–water partition coefficient (Wildman–Crippen LogP) is -0.762. The van der Waals surface area contributed by atoms with Gasteiger partial charge in [-0.05, 0) is 23.3 Å². The molecule has 2 rings (SSSR count). The standard InChI is InChI=1S/C13H12N4O4/c14-16-8-4-10(18)6(2-12(8)20)1-7-3-13(21)9(17-15)5-11(7)19/h2-3,12-13,20-21H,1,4-5H2. The molecule has 0 spiro atoms. The molecule has 8 nitrogen and oxygen atoms in total. The number of Topliss-reactive ketones (excluding diaryl/α,β-unsaturated/α-hetero) is 2. The van der Waals surface area contributed by atoms with Crippen LogP contribution >= 0.6 is 0 Å². The van der Waals surface area contributed by atoms with Crippen LogP contribution in [-0.4, -0.2) is 55.0 Å². The van der Waals surface area contributed by atoms with Gasteiger partial charge in [-0.3, -0.25) is 9.59 Å². The molecular formula is C13H12N4O4. The summed E-state index contributed by atoms with van der Waals surface area (Å²) in [7, 11) is 0. The lowest BCUT2D eigenvalue weighted by Crippen LogP contribution is -2.32. The second-order valence-corrected chi connectivity index (χ2v) is 4.83. The Balaban J connectivity index is 2.26. The third kappa shape index (κ3) is 2.99. The molecule has 0 saturated heterocycles. The third-order valence-electron chi connectivity index (χ3n) is 3.44. The van der Waals surface area contributed by atoms with Crippen molar-refractivity contribution in [3.63, 3.8) is 0 Å². The molecule has 2 aliphatic carbocycles. The van der Waals surface area contributed by atoms with E-state index in [1.165, 1.54) is 12.2 Å². The van der Waals surface area contributed by atoms with Crippen LogP contribution in [0.3, 0.4) is 0 Å². The number of aliphatic hydroxyl groups excluding tert-OH is 2. The van der Waals surface area contributed by atoms with Crippen LogP contribution in [0.15, 0.2) is 23.3 Å². The highest BCUT2D eigenvalue weighted by Gasteiger charge is 2.34. The predicted molar refractivity (Wildman–Crippen MR) is 69.3 cm³/mol. The van der Waals surface area contributed by atoms with E-state index in [0.717, 1.165) is 0 Å². The number of carbonyl (C=O) groups is 2. The second kappa shape index (κ2) is 5.87. The molecule has 0 saturated carbocycles. The van der Waals surface area contributed by atoms with Gasteiger partial charge in [-0.25, -0.2) is 0 Å². The zero-order valence-electron chi connectivity index (χ0n) is 10.9. The van der Waals surface area contributed by atoms with Gasteiger partial charge in [0.2, 0.25) is 0 Å². The van der Waals surface area contributed by atoms with Crippen LogP contribution in [0.2, 0.25) is 0 Å². The topological polar surface area (TPSA) is 147 Å². The Kier molecular flexibility index (Phi) is 4.16. The molecule has 2 N–H and O–H groups in total. The molecule has 0 aromatic carbocycles. The van der Waals surface area contributed by atoms with Crippen LogP contribution in [0, 0.1) is 0 Å². The van der Waals surface area contributed by atoms with Crippen LogP contribution < -0.4 is 0 Å². The van der Waals surface area contributed by atoms with E-state index in [0.29, 0.717) is 0 Å². The summed E-state index contributed by atoms with van der Waals surface area (Å²) in [5, 5.41) is 19.3. The third-order valence-corrected chi connectivity index (χ3v) is 3.44. The minimum atomic E-state index is -1.18. The van der Waals surface area contributed by atoms with Crippen LogP contribution in [0.25, 0.3) is 11.1 Å². The molecule has 8 heteroatoms. The van der Waals surface area contributed by atoms with Gasteiger partial charge < -0.3 is 21.3 Å². The van der Waals surface area contributed by atoms with E-state index in [4.69, 9.17) is 11.1 Å². The van der Waals surface area contributed by atoms with Crippen LogP contribution in [0.5, 0.6) is 0 Å². The van der Waals surface area contributed by atoms with Crippen molar-refractivity contribution < 1.29 is 29.4 Å². The minimum absolute atomic E-state index is 0.0385. The molecule has 2 unspecified atom stereocenters. The first-order chi connectivity index (χ1) is 9.96. The fraction of sp³-hybridized carbons (Fsp3) is 0.385. The van der Waals surface area contributed by atoms with Gasteiger partial charge in [-0.15, -0.1) is 0 Å². The summed E-state index contributed by atoms with van der Waals surface area (Å²) < 4.78 is 0. The molecule has 2 atom stereocenters. The average molecular weight is 288 g/mol. The van der Waals surface area contributed by atoms with Crippen LogP contribution in [-0.2, 0) is 9.59 Å². The van der Waals surface area contributed by atoms with Gasteiger partial charge in [0.25, 0.3) is 0 Å². The number of hydrogen-bond donors (Lipinski definition) is 2. The number of nitrogens with zero attached hydrogens (tertiary/aromatic N) is 4. The molecular weight excluding hydrogens is 276 g/mol. The Morgan fingerprint density at radius 3 is 1.67 bits per heavy atom. The number of rotatable bonds is 2. The monoisotopic (exact) mass is 288 g/mol. The Bertz CT molecular complexity index is 620. The molecule has 0 aliphatic heterocycles. The Hall–Kier alpha value is -2.50. The first-order valence-electron chi connectivity index (χ1n) is 6.21. The lowest BCUT2D eigenvalue weighted by molar-refractivity contribution is -0.116. The van der Waals surface area contributed by atoms with E-state index in [-0.39, 0.29) is 53.4 Å². The van der Waals surface area contributed by atoms with Crippen molar-refractivity contribution in [1.82, 2.24) is 0 Å². The van der Waals surface area contributed by atoms with Crippen molar-refractivity contribution in [3.05, 3.63) is 34.4 Å². The molecule has 0 heterocycles. The summed E-state index contributed by atoms with van der Waals surface area (Å²) in [6, 6.07) is 0. The Labute approximate surface area is 119 Å². The maximum atomic E-state index is 11.9. The average Bonchev–Trinajstić information content (AvgIpc) is 2.45. The van der Waals surface area contributed by atoms with Gasteiger partial charge in [-0.1, -0.05) is 0 Å². The molecule has 0 aromatic rings. The Morgan fingerprint density at radius 2 is 1.33 bits per heavy atom. The molecule has 21 heavy (non-hydrogen) atoms. The lowest BCUT2D eigenvalue weighted by Gasteiger charge is -2.17. The molecule has 0 aromatic heterocycles. The van der Waals surface area contributed by atoms with Gasteiger partial charge in [0.1, 0.15) is 12.8 Å². The number of carbonyl (C=O) groups excluding carboxylic acids is 2. The fourth-order valence-electron chi connectivity index (χ4n) is 2.23. The van der Waals surface area contributed by atoms with E-state index in [9.17, 15) is 19.8 Å². The first kappa shape index (κ1) is 14.9. The summed E-state index contributed by atoms with van der Waals surface area (Å²) in [6.07, 6.45) is -0.409. The van der Waals surface area contributed by atoms with Crippen molar-refractivity contribution in [2.45, 2.75) is 31.5 Å². The van der Waals surface area contributed by atoms with Crippen molar-refractivity contribution in [2.24, 2.45) is 0 Å². The van der Waals surface area contributed by atoms with Crippen molar-refractivity contribution in [1.29, 1.82) is 0 Å². The van der Waals surface area contributed by atoms with E-state index < -0.39 is 12.2 Å². The molecule has 0 bridgehead atoms. The summed E-state index contributed by atoms with van der Waals surface area (Å²) in [4.78, 5) is 29.4. The van der Waals surface area contributed by atoms with Crippen molar-refractivity contribution in [3.8, 4) is 0 Å². The van der Waals surface area contributed by atoms with Gasteiger partial charge >= 0.3 is 11.4 Å². The van der Waals surface area contributed by atoms with E-state index in [2.05, 4.69) is 9.58 Å². The quantitative estimate of drug-likeness (QED) is 0.507. The van der Waals surface area contributed by atoms with E-state index in [1.54, 1.807) is 0 Å². The van der Waals surface area contributed by atoms with Crippen LogP contribution in [0.4, 0.5) is 0 Å². The number of allylic oxidation sites excluding steroid dienone is 2. The second-order valence-electron chi connectivity index (χ2n) is 4.83. The Morgan fingerprint density at radius 1 is 0.952 bits per heavy atom. The summed E-state index contributed by atoms with van der Waals surface area (Å²) >= 11 is 0. The van der Waals surface area contributed by atoms with Gasteiger partial charge in [0.05, 0.1) is 0 Å². The maximum Gasteiger partial charge on any atom is 0.308 e. The van der Waals surface area contributed by atoms with Crippen molar-refractivity contribution in [2.75, 3.05) is 0 Å². The van der Waals surface area contributed by atoms with Gasteiger partial charge in [0, 0.05) is 6.42 Å². The largest absolute Gasteiger partial charge is 0.377 e. The van der Waals surface area contributed by atoms with Crippen LogP contribution in [0.1, 0.15) is 19.3 Å². The van der Waals surface area contributed by atoms with Gasteiger partial charge in [0.15, 0.2) is 23.8 Å². The van der Waals surface area contributed by atoms with E-state index >= 15 is 0 Å². The highest BCUT2D eigenvalue weighted by molar-refractivity contribution is 6.16. The normalized spacial score (nSPS) is 26.0. The van der Waals surface area contributed by atoms with Gasteiger partial charge in [-0.2, -0.15) is 9.58 Å². The number of aliphatic hydroxyl groups is 2. The highest BCUT2D eigenvalue weighted by atomic mass is 16.3. The zero-order chi connectivity index (χ0) is 15.6. The maximum absolute atomic E-state index is 11.9. The first-order valence-corrected chi connectivity index (χ1v) is 6.21. The molecule has 108 valence electrons. The minimum Gasteiger partial charge on any atom is -0.377 e. The SMILES string of the molecule is [N-]=[N+]=C1CC(=O)C(CC2=CC(O)C(=[N+]=[N-])CC2=O)=CC1O. The highest BCUT2D eigenvalue weighted by Crippen LogP contribution is 2.23. The smallest absolute Gasteiger partial charge is 0.308 e. The summed E-state index contributed by atoms with van der Waals surface area (Å²) in [5.74, 6) is -0.726. The molecule has 0 amide bonds. The zero-order valence-corrected chi connectivity index (χ0v) is 10.9.